The van der Waals surface area contributed by atoms with E-state index in [1.54, 1.807) is 6.07 Å². The van der Waals surface area contributed by atoms with E-state index in [1.807, 2.05) is 13.0 Å². The number of esters is 1. The van der Waals surface area contributed by atoms with Gasteiger partial charge in [-0.15, -0.1) is 0 Å². The number of ether oxygens (including phenoxy) is 2. The number of hydrogen-bond acceptors (Lipinski definition) is 4. The predicted octanol–water partition coefficient (Wildman–Crippen LogP) is 5.62. The minimum Gasteiger partial charge on any atom is -0.480 e. The van der Waals surface area contributed by atoms with Gasteiger partial charge in [0, 0.05) is 9.50 Å². The van der Waals surface area contributed by atoms with E-state index in [-0.39, 0.29) is 28.0 Å². The zero-order valence-electron chi connectivity index (χ0n) is 12.2. The van der Waals surface area contributed by atoms with Crippen molar-refractivity contribution in [2.45, 2.75) is 6.92 Å². The number of hydrogen-bond donors (Lipinski definition) is 0. The summed E-state index contributed by atoms with van der Waals surface area (Å²) in [6, 6.07) is 6.40. The summed E-state index contributed by atoms with van der Waals surface area (Å²) in [7, 11) is 0. The first-order chi connectivity index (χ1) is 11.3. The van der Waals surface area contributed by atoms with Crippen LogP contribution in [0, 0.1) is 6.92 Å². The Hall–Kier alpha value is -1.08. The van der Waals surface area contributed by atoms with Gasteiger partial charge in [-0.2, -0.15) is 0 Å². The van der Waals surface area contributed by atoms with Crippen LogP contribution in [0.5, 0.6) is 11.5 Å². The second-order valence-electron chi connectivity index (χ2n) is 4.72. The molecule has 0 aliphatic carbocycles. The molecule has 0 saturated carbocycles. The van der Waals surface area contributed by atoms with Crippen LogP contribution in [0.3, 0.4) is 0 Å². The summed E-state index contributed by atoms with van der Waals surface area (Å²) in [5.74, 6) is -0.222. The van der Waals surface area contributed by atoms with E-state index in [0.717, 1.165) is 10.0 Å². The van der Waals surface area contributed by atoms with Crippen molar-refractivity contribution in [3.05, 3.63) is 54.4 Å². The minimum absolute atomic E-state index is 0.0451. The minimum atomic E-state index is -0.698. The Morgan fingerprint density at radius 1 is 1.17 bits per heavy atom. The summed E-state index contributed by atoms with van der Waals surface area (Å²) in [5.41, 5.74) is 0.920. The number of aryl methyl sites for hydroxylation is 1. The van der Waals surface area contributed by atoms with Gasteiger partial charge in [-0.3, -0.25) is 4.79 Å². The van der Waals surface area contributed by atoms with E-state index >= 15 is 0 Å². The van der Waals surface area contributed by atoms with Crippen LogP contribution < -0.4 is 9.47 Å². The quantitative estimate of drug-likeness (QED) is 0.306. The van der Waals surface area contributed by atoms with Gasteiger partial charge < -0.3 is 9.47 Å². The summed E-state index contributed by atoms with van der Waals surface area (Å²) in [5, 5.41) is 0.339. The Labute approximate surface area is 165 Å². The Bertz CT molecular complexity index is 786. The third kappa shape index (κ3) is 4.72. The molecule has 2 rings (SSSR count). The molecule has 0 aromatic heterocycles. The molecule has 0 radical (unpaired) electrons. The second-order valence-corrected chi connectivity index (χ2v) is 7.33. The second kappa shape index (κ2) is 8.34. The van der Waals surface area contributed by atoms with Crippen molar-refractivity contribution in [2.24, 2.45) is 0 Å². The molecule has 8 heteroatoms. The molecule has 0 amide bonds. The van der Waals surface area contributed by atoms with E-state index in [2.05, 4.69) is 31.9 Å². The van der Waals surface area contributed by atoms with Gasteiger partial charge in [0.25, 0.3) is 0 Å². The highest BCUT2D eigenvalue weighted by molar-refractivity contribution is 9.11. The van der Waals surface area contributed by atoms with Crippen LogP contribution in [-0.2, 0) is 4.79 Å². The summed E-state index contributed by atoms with van der Waals surface area (Å²) >= 11 is 18.5. The molecule has 2 aromatic carbocycles. The van der Waals surface area contributed by atoms with Gasteiger partial charge in [0.2, 0.25) is 0 Å². The summed E-state index contributed by atoms with van der Waals surface area (Å²) in [6.45, 7) is 1.50. The molecule has 24 heavy (non-hydrogen) atoms. The van der Waals surface area contributed by atoms with Crippen molar-refractivity contribution in [1.82, 2.24) is 0 Å². The van der Waals surface area contributed by atoms with Crippen molar-refractivity contribution in [3.8, 4) is 11.5 Å². The largest absolute Gasteiger partial charge is 0.480 e. The highest BCUT2D eigenvalue weighted by atomic mass is 79.9. The Balaban J connectivity index is 2.12. The lowest BCUT2D eigenvalue weighted by Gasteiger charge is -2.12. The third-order valence-corrected chi connectivity index (χ3v) is 4.45. The number of aldehydes is 1. The van der Waals surface area contributed by atoms with Gasteiger partial charge in [-0.05, 0) is 52.7 Å². The lowest BCUT2D eigenvalue weighted by molar-refractivity contribution is -0.136. The molecule has 126 valence electrons. The molecule has 0 saturated heterocycles. The topological polar surface area (TPSA) is 52.6 Å². The number of carbonyl (C=O) groups excluding carboxylic acids is 2. The molecule has 0 unspecified atom stereocenters. The van der Waals surface area contributed by atoms with E-state index in [9.17, 15) is 9.59 Å². The first-order valence-corrected chi connectivity index (χ1v) is 8.89. The Kier molecular flexibility index (Phi) is 6.69. The lowest BCUT2D eigenvalue weighted by atomic mass is 10.2. The van der Waals surface area contributed by atoms with Crippen LogP contribution in [0.25, 0.3) is 0 Å². The van der Waals surface area contributed by atoms with Crippen LogP contribution >= 0.6 is 55.1 Å². The number of halogens is 4. The zero-order chi connectivity index (χ0) is 17.9. The van der Waals surface area contributed by atoms with Crippen LogP contribution in [0.15, 0.2) is 33.2 Å². The van der Waals surface area contributed by atoms with Gasteiger partial charge in [-0.25, -0.2) is 4.79 Å². The highest BCUT2D eigenvalue weighted by Gasteiger charge is 2.16. The SMILES string of the molecule is Cc1cc(Br)cc(Br)c1OCC(=O)Oc1c(Cl)cc(Cl)cc1C=O. The molecule has 0 bridgehead atoms. The van der Waals surface area contributed by atoms with Crippen LogP contribution in [0.1, 0.15) is 15.9 Å². The number of carbonyl (C=O) groups is 2. The zero-order valence-corrected chi connectivity index (χ0v) is 16.9. The number of benzene rings is 2. The fourth-order valence-corrected chi connectivity index (χ4v) is 4.02. The maximum absolute atomic E-state index is 12.0. The number of rotatable bonds is 5. The molecular formula is C16H10Br2Cl2O4. The fourth-order valence-electron chi connectivity index (χ4n) is 1.92. The first kappa shape index (κ1) is 19.2. The smallest absolute Gasteiger partial charge is 0.349 e. The molecule has 0 aliphatic rings. The van der Waals surface area contributed by atoms with Crippen LogP contribution in [0.2, 0.25) is 10.0 Å². The normalized spacial score (nSPS) is 10.4. The summed E-state index contributed by atoms with van der Waals surface area (Å²) < 4.78 is 12.2. The maximum atomic E-state index is 12.0. The monoisotopic (exact) mass is 494 g/mol. The van der Waals surface area contributed by atoms with Gasteiger partial charge in [0.15, 0.2) is 18.6 Å². The molecule has 0 heterocycles. The van der Waals surface area contributed by atoms with E-state index < -0.39 is 5.97 Å². The van der Waals surface area contributed by atoms with Gasteiger partial charge in [0.1, 0.15) is 5.75 Å². The molecule has 2 aromatic rings. The molecule has 4 nitrogen and oxygen atoms in total. The van der Waals surface area contributed by atoms with E-state index in [1.165, 1.54) is 12.1 Å². The van der Waals surface area contributed by atoms with Crippen molar-refractivity contribution in [1.29, 1.82) is 0 Å². The van der Waals surface area contributed by atoms with E-state index in [0.29, 0.717) is 16.5 Å². The van der Waals surface area contributed by atoms with E-state index in [4.69, 9.17) is 32.7 Å². The standard InChI is InChI=1S/C16H10Br2Cl2O4/c1-8-2-10(17)4-12(18)15(8)23-7-14(22)24-16-9(6-21)3-11(19)5-13(16)20/h2-6H,7H2,1H3. The van der Waals surface area contributed by atoms with Crippen LogP contribution in [-0.4, -0.2) is 18.9 Å². The van der Waals surface area contributed by atoms with Gasteiger partial charge >= 0.3 is 5.97 Å². The molecule has 0 fully saturated rings. The molecule has 0 spiro atoms. The van der Waals surface area contributed by atoms with Crippen molar-refractivity contribution in [3.63, 3.8) is 0 Å². The van der Waals surface area contributed by atoms with Crippen molar-refractivity contribution < 1.29 is 19.1 Å². The van der Waals surface area contributed by atoms with Crippen LogP contribution in [0.4, 0.5) is 0 Å². The highest BCUT2D eigenvalue weighted by Crippen LogP contribution is 2.33. The predicted molar refractivity (Wildman–Crippen MR) is 99.6 cm³/mol. The summed E-state index contributed by atoms with van der Waals surface area (Å²) in [4.78, 5) is 23.1. The van der Waals surface area contributed by atoms with Crippen molar-refractivity contribution >= 4 is 67.3 Å². The molecule has 0 atom stereocenters. The average molecular weight is 497 g/mol. The Morgan fingerprint density at radius 2 is 1.88 bits per heavy atom. The average Bonchev–Trinajstić information content (AvgIpc) is 2.48. The summed E-state index contributed by atoms with van der Waals surface area (Å²) in [6.07, 6.45) is 0.511. The third-order valence-electron chi connectivity index (χ3n) is 2.91. The molecular weight excluding hydrogens is 487 g/mol. The van der Waals surface area contributed by atoms with Gasteiger partial charge in [-0.1, -0.05) is 39.1 Å². The van der Waals surface area contributed by atoms with Gasteiger partial charge in [0.05, 0.1) is 15.1 Å². The first-order valence-electron chi connectivity index (χ1n) is 6.55. The molecule has 0 N–H and O–H groups in total. The molecule has 0 aliphatic heterocycles. The Morgan fingerprint density at radius 3 is 2.50 bits per heavy atom. The maximum Gasteiger partial charge on any atom is 0.349 e. The lowest BCUT2D eigenvalue weighted by Crippen LogP contribution is -2.19. The fraction of sp³-hybridized carbons (Fsp3) is 0.125. The van der Waals surface area contributed by atoms with Crippen molar-refractivity contribution in [2.75, 3.05) is 6.61 Å².